The van der Waals surface area contributed by atoms with Crippen LogP contribution < -0.4 is 5.73 Å². The van der Waals surface area contributed by atoms with E-state index in [1.54, 1.807) is 6.08 Å². The second-order valence-corrected chi connectivity index (χ2v) is 8.23. The molecule has 0 radical (unpaired) electrons. The molecule has 0 aliphatic heterocycles. The predicted molar refractivity (Wildman–Crippen MR) is 128 cm³/mol. The molecule has 0 aliphatic rings. The minimum absolute atomic E-state index is 0.429. The molecule has 184 valence electrons. The van der Waals surface area contributed by atoms with Gasteiger partial charge in [0.1, 0.15) is 18.2 Å². The molecule has 6 N–H and O–H groups in total. The number of carbonyl (C=O) groups is 2. The summed E-state index contributed by atoms with van der Waals surface area (Å²) >= 11 is 3.81. The van der Waals surface area contributed by atoms with Crippen molar-refractivity contribution < 1.29 is 30.0 Å². The summed E-state index contributed by atoms with van der Waals surface area (Å²) in [4.78, 5) is 21.4. The Balaban J connectivity index is 0. The first-order valence-corrected chi connectivity index (χ1v) is 12.2. The number of thiol groups is 1. The van der Waals surface area contributed by atoms with Crippen LogP contribution in [0.3, 0.4) is 0 Å². The van der Waals surface area contributed by atoms with E-state index in [2.05, 4.69) is 19.6 Å². The van der Waals surface area contributed by atoms with Gasteiger partial charge in [-0.2, -0.15) is 12.6 Å². The van der Waals surface area contributed by atoms with Crippen molar-refractivity contribution in [1.29, 1.82) is 0 Å². The zero-order valence-corrected chi connectivity index (χ0v) is 20.0. The molecule has 0 heterocycles. The van der Waals surface area contributed by atoms with Crippen LogP contribution in [0.1, 0.15) is 90.4 Å². The number of rotatable bonds is 19. The Morgan fingerprint density at radius 2 is 1.42 bits per heavy atom. The van der Waals surface area contributed by atoms with Gasteiger partial charge in [0.05, 0.1) is 6.61 Å². The first-order valence-electron chi connectivity index (χ1n) is 11.6. The number of hydrogen-bond donors (Lipinski definition) is 6. The summed E-state index contributed by atoms with van der Waals surface area (Å²) < 4.78 is 0. The van der Waals surface area contributed by atoms with Crippen molar-refractivity contribution in [2.24, 2.45) is 5.73 Å². The third-order valence-corrected chi connectivity index (χ3v) is 5.11. The molecule has 0 saturated carbocycles. The lowest BCUT2D eigenvalue weighted by molar-refractivity contribution is -0.138. The van der Waals surface area contributed by atoms with Gasteiger partial charge in [0.15, 0.2) is 5.78 Å². The van der Waals surface area contributed by atoms with Crippen LogP contribution in [0.25, 0.3) is 0 Å². The molecule has 0 spiro atoms. The standard InChI is InChI=1S/C19H36O4.C4H9NO2S/c1-2-3-4-5-6-7-8-9-10-11-12-13-14-15-17(21)19(23)18(22)16-20;5-3(1-2-8)4(6)7/h14-15,18-20,22-23H,2-13,16H2,1H3;3,8H,1-2,5H2,(H,6,7)/t;3-/m.0/s1. The molecule has 0 fully saturated rings. The average Bonchev–Trinajstić information content (AvgIpc) is 2.76. The van der Waals surface area contributed by atoms with Gasteiger partial charge < -0.3 is 26.2 Å². The Morgan fingerprint density at radius 1 is 0.935 bits per heavy atom. The third-order valence-electron chi connectivity index (χ3n) is 4.86. The van der Waals surface area contributed by atoms with Crippen molar-refractivity contribution in [3.05, 3.63) is 12.2 Å². The van der Waals surface area contributed by atoms with E-state index in [0.717, 1.165) is 19.3 Å². The van der Waals surface area contributed by atoms with Gasteiger partial charge in [-0.15, -0.1) is 0 Å². The maximum absolute atomic E-state index is 11.4. The number of carbonyl (C=O) groups excluding carboxylic acids is 1. The lowest BCUT2D eigenvalue weighted by atomic mass is 10.0. The molecule has 0 aliphatic carbocycles. The van der Waals surface area contributed by atoms with Gasteiger partial charge >= 0.3 is 5.97 Å². The van der Waals surface area contributed by atoms with Gasteiger partial charge in [0.25, 0.3) is 0 Å². The highest BCUT2D eigenvalue weighted by molar-refractivity contribution is 7.80. The van der Waals surface area contributed by atoms with Crippen LogP contribution in [-0.4, -0.2) is 62.8 Å². The van der Waals surface area contributed by atoms with Crippen molar-refractivity contribution in [2.75, 3.05) is 12.4 Å². The second kappa shape index (κ2) is 23.7. The number of ketones is 1. The maximum atomic E-state index is 11.4. The molecule has 7 nitrogen and oxygen atoms in total. The van der Waals surface area contributed by atoms with Crippen LogP contribution in [-0.2, 0) is 9.59 Å². The Hall–Kier alpha value is -0.930. The normalized spacial score (nSPS) is 14.0. The quantitative estimate of drug-likeness (QED) is 0.0981. The number of carboxylic acid groups (broad SMARTS) is 1. The third kappa shape index (κ3) is 22.1. The summed E-state index contributed by atoms with van der Waals surface area (Å²) in [5.74, 6) is -0.985. The second-order valence-electron chi connectivity index (χ2n) is 7.78. The van der Waals surface area contributed by atoms with Crippen molar-refractivity contribution >= 4 is 24.4 Å². The fourth-order valence-corrected chi connectivity index (χ4v) is 3.05. The molecule has 0 rings (SSSR count). The molecule has 0 aromatic carbocycles. The zero-order valence-electron chi connectivity index (χ0n) is 19.1. The number of aliphatic hydroxyl groups is 3. The van der Waals surface area contributed by atoms with E-state index in [4.69, 9.17) is 21.1 Å². The van der Waals surface area contributed by atoms with Crippen LogP contribution in [0.5, 0.6) is 0 Å². The average molecular weight is 464 g/mol. The van der Waals surface area contributed by atoms with Gasteiger partial charge in [0, 0.05) is 0 Å². The SMILES string of the molecule is CCCCCCCCCCCCCC=CC(=O)C(O)C(O)CO.N[C@@H](CCS)C(=O)O. The van der Waals surface area contributed by atoms with E-state index >= 15 is 0 Å². The topological polar surface area (TPSA) is 141 Å². The van der Waals surface area contributed by atoms with E-state index in [9.17, 15) is 14.7 Å². The van der Waals surface area contributed by atoms with Crippen molar-refractivity contribution in [2.45, 2.75) is 109 Å². The van der Waals surface area contributed by atoms with E-state index < -0.39 is 36.6 Å². The number of nitrogens with two attached hydrogens (primary N) is 1. The fraction of sp³-hybridized carbons (Fsp3) is 0.826. The molecule has 2 unspecified atom stereocenters. The fourth-order valence-electron chi connectivity index (χ4n) is 2.78. The highest BCUT2D eigenvalue weighted by Gasteiger charge is 2.20. The van der Waals surface area contributed by atoms with E-state index in [1.165, 1.54) is 63.9 Å². The van der Waals surface area contributed by atoms with Gasteiger partial charge in [-0.25, -0.2) is 0 Å². The van der Waals surface area contributed by atoms with Crippen LogP contribution in [0, 0.1) is 0 Å². The van der Waals surface area contributed by atoms with Crippen molar-refractivity contribution in [3.8, 4) is 0 Å². The number of aliphatic hydroxyl groups excluding tert-OH is 3. The summed E-state index contributed by atoms with van der Waals surface area (Å²) in [6.07, 6.45) is 15.6. The largest absolute Gasteiger partial charge is 0.480 e. The van der Waals surface area contributed by atoms with E-state index in [1.807, 2.05) is 0 Å². The number of hydrogen-bond acceptors (Lipinski definition) is 7. The summed E-state index contributed by atoms with van der Waals surface area (Å²) in [5, 5.41) is 35.3. The molecular formula is C23H45NO6S. The lowest BCUT2D eigenvalue weighted by Crippen LogP contribution is -2.35. The molecule has 0 amide bonds. The first kappa shape index (κ1) is 32.3. The number of carboxylic acids is 1. The molecular weight excluding hydrogens is 418 g/mol. The Labute approximate surface area is 193 Å². The zero-order chi connectivity index (χ0) is 23.9. The summed E-state index contributed by atoms with van der Waals surface area (Å²) in [6.45, 7) is 1.63. The van der Waals surface area contributed by atoms with Crippen molar-refractivity contribution in [3.63, 3.8) is 0 Å². The Morgan fingerprint density at radius 3 is 1.81 bits per heavy atom. The summed E-state index contributed by atoms with van der Waals surface area (Å²) in [7, 11) is 0. The highest BCUT2D eigenvalue weighted by atomic mass is 32.1. The van der Waals surface area contributed by atoms with Gasteiger partial charge in [-0.05, 0) is 31.1 Å². The molecule has 0 aromatic heterocycles. The maximum Gasteiger partial charge on any atom is 0.320 e. The molecule has 31 heavy (non-hydrogen) atoms. The molecule has 8 heteroatoms. The Kier molecular flexibility index (Phi) is 24.7. The summed E-state index contributed by atoms with van der Waals surface area (Å²) in [6, 6.07) is -0.743. The summed E-state index contributed by atoms with van der Waals surface area (Å²) in [5.41, 5.74) is 5.08. The van der Waals surface area contributed by atoms with Crippen LogP contribution in [0.15, 0.2) is 12.2 Å². The minimum atomic E-state index is -1.52. The number of allylic oxidation sites excluding steroid dienone is 1. The molecule has 0 bridgehead atoms. The minimum Gasteiger partial charge on any atom is -0.480 e. The number of aliphatic carboxylic acids is 1. The molecule has 3 atom stereocenters. The van der Waals surface area contributed by atoms with Crippen LogP contribution in [0.2, 0.25) is 0 Å². The predicted octanol–water partition coefficient (Wildman–Crippen LogP) is 3.25. The first-order chi connectivity index (χ1) is 14.8. The van der Waals surface area contributed by atoms with Crippen molar-refractivity contribution in [1.82, 2.24) is 0 Å². The van der Waals surface area contributed by atoms with Crippen LogP contribution >= 0.6 is 12.6 Å². The Bertz CT molecular complexity index is 461. The number of unbranched alkanes of at least 4 members (excludes halogenated alkanes) is 11. The van der Waals surface area contributed by atoms with Gasteiger partial charge in [0.2, 0.25) is 0 Å². The van der Waals surface area contributed by atoms with Gasteiger partial charge in [-0.1, -0.05) is 77.2 Å². The molecule has 0 aromatic rings. The van der Waals surface area contributed by atoms with Gasteiger partial charge in [-0.3, -0.25) is 9.59 Å². The van der Waals surface area contributed by atoms with Crippen LogP contribution in [0.4, 0.5) is 0 Å². The highest BCUT2D eigenvalue weighted by Crippen LogP contribution is 2.12. The lowest BCUT2D eigenvalue weighted by Gasteiger charge is -2.11. The smallest absolute Gasteiger partial charge is 0.320 e. The van der Waals surface area contributed by atoms with E-state index in [-0.39, 0.29) is 0 Å². The van der Waals surface area contributed by atoms with E-state index in [0.29, 0.717) is 12.2 Å². The molecule has 0 saturated heterocycles. The monoisotopic (exact) mass is 463 g/mol.